The van der Waals surface area contributed by atoms with Gasteiger partial charge in [0.05, 0.1) is 28.7 Å². The Morgan fingerprint density at radius 1 is 1.22 bits per heavy atom. The molecule has 4 aromatic heterocycles. The van der Waals surface area contributed by atoms with E-state index in [1.165, 1.54) is 28.4 Å². The molecule has 0 atom stereocenters. The van der Waals surface area contributed by atoms with Crippen LogP contribution in [-0.2, 0) is 12.9 Å². The SMILES string of the molecule is O=C(Nc1cnn(COc2ccc(Br)cc2)c1)c1nn2c(C(F)(F)F)cc(-c3cccs3)nc2c1Cl. The van der Waals surface area contributed by atoms with Gasteiger partial charge in [0.1, 0.15) is 10.8 Å². The minimum atomic E-state index is -4.76. The van der Waals surface area contributed by atoms with Crippen molar-refractivity contribution >= 4 is 56.1 Å². The number of nitrogens with one attached hydrogen (secondary N) is 1. The van der Waals surface area contributed by atoms with Crippen molar-refractivity contribution in [3.05, 3.63) is 81.1 Å². The summed E-state index contributed by atoms with van der Waals surface area (Å²) in [6, 6.07) is 11.4. The molecule has 0 saturated heterocycles. The third kappa shape index (κ3) is 4.94. The maximum absolute atomic E-state index is 13.8. The van der Waals surface area contributed by atoms with Crippen LogP contribution in [0.5, 0.6) is 5.75 Å². The van der Waals surface area contributed by atoms with Gasteiger partial charge in [-0.25, -0.2) is 14.2 Å². The lowest BCUT2D eigenvalue weighted by molar-refractivity contribution is -0.142. The molecule has 5 aromatic rings. The number of carbonyl (C=O) groups excluding carboxylic acids is 1. The number of hydrogen-bond acceptors (Lipinski definition) is 6. The Kier molecular flexibility index (Phi) is 6.45. The first kappa shape index (κ1) is 24.3. The van der Waals surface area contributed by atoms with E-state index in [0.29, 0.717) is 15.1 Å². The number of hydrogen-bond donors (Lipinski definition) is 1. The van der Waals surface area contributed by atoms with Gasteiger partial charge in [-0.3, -0.25) is 4.79 Å². The second kappa shape index (κ2) is 9.56. The van der Waals surface area contributed by atoms with Gasteiger partial charge in [0.15, 0.2) is 23.8 Å². The van der Waals surface area contributed by atoms with Crippen LogP contribution < -0.4 is 10.1 Å². The van der Waals surface area contributed by atoms with Crippen LogP contribution in [0.3, 0.4) is 0 Å². The van der Waals surface area contributed by atoms with Crippen molar-refractivity contribution < 1.29 is 22.7 Å². The molecule has 36 heavy (non-hydrogen) atoms. The fourth-order valence-corrected chi connectivity index (χ4v) is 4.45. The zero-order valence-corrected chi connectivity index (χ0v) is 21.0. The molecule has 0 unspecified atom stereocenters. The number of rotatable bonds is 6. The highest BCUT2D eigenvalue weighted by atomic mass is 79.9. The van der Waals surface area contributed by atoms with Crippen LogP contribution in [0.1, 0.15) is 16.2 Å². The summed E-state index contributed by atoms with van der Waals surface area (Å²) in [5, 5.41) is 11.9. The monoisotopic (exact) mass is 596 g/mol. The van der Waals surface area contributed by atoms with Crippen molar-refractivity contribution in [2.75, 3.05) is 5.32 Å². The van der Waals surface area contributed by atoms with Crippen LogP contribution in [0.25, 0.3) is 16.2 Å². The number of halogens is 5. The molecule has 4 heterocycles. The molecule has 1 amide bonds. The van der Waals surface area contributed by atoms with Crippen LogP contribution in [-0.4, -0.2) is 30.3 Å². The first-order valence-electron chi connectivity index (χ1n) is 10.1. The Balaban J connectivity index is 1.39. The van der Waals surface area contributed by atoms with Crippen LogP contribution in [0.2, 0.25) is 5.02 Å². The molecule has 0 aliphatic carbocycles. The lowest BCUT2D eigenvalue weighted by Crippen LogP contribution is -2.15. The highest BCUT2D eigenvalue weighted by Gasteiger charge is 2.37. The maximum atomic E-state index is 13.8. The number of aromatic nitrogens is 5. The van der Waals surface area contributed by atoms with Gasteiger partial charge in [-0.2, -0.15) is 23.4 Å². The van der Waals surface area contributed by atoms with Crippen molar-refractivity contribution in [1.82, 2.24) is 24.4 Å². The Hall–Kier alpha value is -3.42. The molecular formula is C22H13BrClF3N6O2S. The number of anilines is 1. The van der Waals surface area contributed by atoms with Crippen molar-refractivity contribution in [2.24, 2.45) is 0 Å². The zero-order chi connectivity index (χ0) is 25.4. The number of amides is 1. The first-order valence-corrected chi connectivity index (χ1v) is 12.2. The van der Waals surface area contributed by atoms with Gasteiger partial charge in [-0.1, -0.05) is 33.6 Å². The van der Waals surface area contributed by atoms with E-state index in [1.807, 2.05) is 12.1 Å². The molecule has 14 heteroatoms. The molecule has 0 aliphatic heterocycles. The summed E-state index contributed by atoms with van der Waals surface area (Å²) in [7, 11) is 0. The van der Waals surface area contributed by atoms with Crippen molar-refractivity contribution in [3.63, 3.8) is 0 Å². The van der Waals surface area contributed by atoms with Crippen LogP contribution in [0.15, 0.2) is 64.7 Å². The highest BCUT2D eigenvalue weighted by Crippen LogP contribution is 2.35. The van der Waals surface area contributed by atoms with E-state index in [0.717, 1.165) is 10.5 Å². The number of fused-ring (bicyclic) bond motifs is 1. The van der Waals surface area contributed by atoms with Crippen molar-refractivity contribution in [3.8, 4) is 16.3 Å². The first-order chi connectivity index (χ1) is 17.2. The van der Waals surface area contributed by atoms with Crippen LogP contribution in [0.4, 0.5) is 18.9 Å². The molecule has 0 bridgehead atoms. The summed E-state index contributed by atoms with van der Waals surface area (Å²) >= 11 is 10.9. The third-order valence-electron chi connectivity index (χ3n) is 4.88. The van der Waals surface area contributed by atoms with E-state index < -0.39 is 23.5 Å². The largest absolute Gasteiger partial charge is 0.471 e. The number of ether oxygens (including phenoxy) is 1. The summed E-state index contributed by atoms with van der Waals surface area (Å²) in [6.45, 7) is 0.0665. The number of benzene rings is 1. The lowest BCUT2D eigenvalue weighted by Gasteiger charge is -2.10. The van der Waals surface area contributed by atoms with Crippen LogP contribution in [0, 0.1) is 0 Å². The molecule has 184 valence electrons. The average molecular weight is 598 g/mol. The van der Waals surface area contributed by atoms with E-state index in [-0.39, 0.29) is 28.8 Å². The van der Waals surface area contributed by atoms with Crippen LogP contribution >= 0.6 is 38.9 Å². The fourth-order valence-electron chi connectivity index (χ4n) is 3.25. The number of alkyl halides is 3. The van der Waals surface area contributed by atoms with E-state index >= 15 is 0 Å². The minimum Gasteiger partial charge on any atom is -0.471 e. The van der Waals surface area contributed by atoms with Gasteiger partial charge in [0.25, 0.3) is 5.91 Å². The molecule has 1 N–H and O–H groups in total. The molecule has 0 saturated carbocycles. The van der Waals surface area contributed by atoms with Gasteiger partial charge in [0.2, 0.25) is 0 Å². The van der Waals surface area contributed by atoms with Gasteiger partial charge in [-0.05, 0) is 41.8 Å². The Bertz CT molecular complexity index is 1550. The molecular weight excluding hydrogens is 585 g/mol. The summed E-state index contributed by atoms with van der Waals surface area (Å²) in [4.78, 5) is 17.6. The second-order valence-electron chi connectivity index (χ2n) is 7.35. The van der Waals surface area contributed by atoms with E-state index in [9.17, 15) is 18.0 Å². The standard InChI is InChI=1S/C22H13BrClF3N6O2S/c23-12-3-5-14(6-4-12)35-11-32-10-13(9-28-32)29-21(34)19-18(24)20-30-15(16-2-1-7-36-16)8-17(22(25,26)27)33(20)31-19/h1-10H,11H2,(H,29,34). The molecule has 0 aliphatic rings. The highest BCUT2D eigenvalue weighted by molar-refractivity contribution is 9.10. The van der Waals surface area contributed by atoms with Gasteiger partial charge in [-0.15, -0.1) is 11.3 Å². The van der Waals surface area contributed by atoms with Gasteiger partial charge >= 0.3 is 6.18 Å². The van der Waals surface area contributed by atoms with Crippen molar-refractivity contribution in [1.29, 1.82) is 0 Å². The smallest absolute Gasteiger partial charge is 0.433 e. The predicted octanol–water partition coefficient (Wildman–Crippen LogP) is 6.38. The zero-order valence-electron chi connectivity index (χ0n) is 17.8. The summed E-state index contributed by atoms with van der Waals surface area (Å²) in [5.74, 6) is -0.199. The molecule has 8 nitrogen and oxygen atoms in total. The second-order valence-corrected chi connectivity index (χ2v) is 9.59. The quantitative estimate of drug-likeness (QED) is 0.246. The third-order valence-corrected chi connectivity index (χ3v) is 6.65. The number of nitrogens with zero attached hydrogens (tertiary/aromatic N) is 5. The summed E-state index contributed by atoms with van der Waals surface area (Å²) < 4.78 is 49.9. The van der Waals surface area contributed by atoms with E-state index in [1.54, 1.807) is 29.6 Å². The van der Waals surface area contributed by atoms with Crippen molar-refractivity contribution in [2.45, 2.75) is 12.9 Å². The topological polar surface area (TPSA) is 86.3 Å². The van der Waals surface area contributed by atoms with E-state index in [2.05, 4.69) is 36.4 Å². The predicted molar refractivity (Wildman–Crippen MR) is 131 cm³/mol. The van der Waals surface area contributed by atoms with E-state index in [4.69, 9.17) is 16.3 Å². The minimum absolute atomic E-state index is 0.0665. The van der Waals surface area contributed by atoms with Gasteiger partial charge in [0, 0.05) is 4.47 Å². The lowest BCUT2D eigenvalue weighted by atomic mass is 10.2. The summed E-state index contributed by atoms with van der Waals surface area (Å²) in [5.41, 5.74) is -1.44. The molecule has 0 radical (unpaired) electrons. The Morgan fingerprint density at radius 3 is 2.69 bits per heavy atom. The molecule has 5 rings (SSSR count). The molecule has 0 fully saturated rings. The normalized spacial score (nSPS) is 11.7. The Labute approximate surface area is 218 Å². The Morgan fingerprint density at radius 2 is 2.00 bits per heavy atom. The summed E-state index contributed by atoms with van der Waals surface area (Å²) in [6.07, 6.45) is -1.90. The molecule has 1 aromatic carbocycles. The molecule has 0 spiro atoms. The van der Waals surface area contributed by atoms with Gasteiger partial charge < -0.3 is 10.1 Å². The average Bonchev–Trinajstić information content (AvgIpc) is 3.59. The number of thiophene rings is 1. The maximum Gasteiger partial charge on any atom is 0.433 e. The fraction of sp³-hybridized carbons (Fsp3) is 0.0909. The number of carbonyl (C=O) groups is 1.